The standard InChI is InChI=1S/C20H28N2O5/c1-20(2,3)27-19(24)22-10-6-7-14(12-22)11-21-18(23)17-13-25-15-8-4-5-9-16(15)26-17/h4-5,8-9,14,17H,6-7,10-13H2,1-3H3,(H,21,23)/t14-,17+/m0/s1. The number of carbonyl (C=O) groups is 2. The molecule has 2 heterocycles. The van der Waals surface area contributed by atoms with Crippen LogP contribution in [0.4, 0.5) is 4.79 Å². The maximum absolute atomic E-state index is 12.4. The summed E-state index contributed by atoms with van der Waals surface area (Å²) in [6.45, 7) is 7.54. The van der Waals surface area contributed by atoms with Gasteiger partial charge in [-0.05, 0) is 51.7 Å². The number of nitrogens with zero attached hydrogens (tertiary/aromatic N) is 1. The Morgan fingerprint density at radius 3 is 2.74 bits per heavy atom. The molecule has 2 amide bonds. The van der Waals surface area contributed by atoms with E-state index in [-0.39, 0.29) is 24.5 Å². The van der Waals surface area contributed by atoms with E-state index < -0.39 is 11.7 Å². The van der Waals surface area contributed by atoms with Crippen molar-refractivity contribution in [3.05, 3.63) is 24.3 Å². The molecule has 7 heteroatoms. The lowest BCUT2D eigenvalue weighted by atomic mass is 9.98. The lowest BCUT2D eigenvalue weighted by molar-refractivity contribution is -0.130. The van der Waals surface area contributed by atoms with Crippen LogP contribution in [-0.4, -0.2) is 54.8 Å². The van der Waals surface area contributed by atoms with Crippen LogP contribution in [0.25, 0.3) is 0 Å². The zero-order valence-corrected chi connectivity index (χ0v) is 16.2. The summed E-state index contributed by atoms with van der Waals surface area (Å²) in [6, 6.07) is 7.31. The second-order valence-corrected chi connectivity index (χ2v) is 8.04. The van der Waals surface area contributed by atoms with Crippen LogP contribution in [0.2, 0.25) is 0 Å². The Morgan fingerprint density at radius 2 is 2.00 bits per heavy atom. The van der Waals surface area contributed by atoms with E-state index in [1.807, 2.05) is 39.0 Å². The van der Waals surface area contributed by atoms with Crippen molar-refractivity contribution in [2.45, 2.75) is 45.3 Å². The Bertz CT molecular complexity index is 685. The second-order valence-electron chi connectivity index (χ2n) is 8.04. The quantitative estimate of drug-likeness (QED) is 0.877. The molecule has 7 nitrogen and oxygen atoms in total. The lowest BCUT2D eigenvalue weighted by Gasteiger charge is -2.34. The fourth-order valence-electron chi connectivity index (χ4n) is 3.23. The first kappa shape index (κ1) is 19.3. The minimum Gasteiger partial charge on any atom is -0.485 e. The van der Waals surface area contributed by atoms with Gasteiger partial charge in [0, 0.05) is 19.6 Å². The molecular weight excluding hydrogens is 348 g/mol. The Labute approximate surface area is 160 Å². The number of benzene rings is 1. The Morgan fingerprint density at radius 1 is 1.26 bits per heavy atom. The average molecular weight is 376 g/mol. The van der Waals surface area contributed by atoms with E-state index in [2.05, 4.69) is 5.32 Å². The van der Waals surface area contributed by atoms with Gasteiger partial charge >= 0.3 is 6.09 Å². The van der Waals surface area contributed by atoms with Gasteiger partial charge in [0.25, 0.3) is 5.91 Å². The van der Waals surface area contributed by atoms with Gasteiger partial charge in [-0.15, -0.1) is 0 Å². The highest BCUT2D eigenvalue weighted by molar-refractivity contribution is 5.81. The van der Waals surface area contributed by atoms with E-state index in [0.717, 1.165) is 12.8 Å². The van der Waals surface area contributed by atoms with E-state index in [9.17, 15) is 9.59 Å². The number of para-hydroxylation sites is 2. The number of fused-ring (bicyclic) bond motifs is 1. The molecule has 27 heavy (non-hydrogen) atoms. The molecule has 1 aromatic carbocycles. The van der Waals surface area contributed by atoms with Crippen LogP contribution in [0.15, 0.2) is 24.3 Å². The molecule has 1 N–H and O–H groups in total. The lowest BCUT2D eigenvalue weighted by Crippen LogP contribution is -2.48. The third-order valence-corrected chi connectivity index (χ3v) is 4.54. The fourth-order valence-corrected chi connectivity index (χ4v) is 3.23. The Kier molecular flexibility index (Phi) is 5.77. The smallest absolute Gasteiger partial charge is 0.410 e. The fraction of sp³-hybridized carbons (Fsp3) is 0.600. The minimum absolute atomic E-state index is 0.192. The predicted octanol–water partition coefficient (Wildman–Crippen LogP) is 2.59. The van der Waals surface area contributed by atoms with Gasteiger partial charge in [-0.3, -0.25) is 4.79 Å². The highest BCUT2D eigenvalue weighted by Gasteiger charge is 2.30. The summed E-state index contributed by atoms with van der Waals surface area (Å²) in [5.74, 6) is 1.24. The molecule has 2 atom stereocenters. The van der Waals surface area contributed by atoms with Crippen molar-refractivity contribution < 1.29 is 23.8 Å². The maximum atomic E-state index is 12.4. The van der Waals surface area contributed by atoms with Gasteiger partial charge < -0.3 is 24.4 Å². The van der Waals surface area contributed by atoms with Crippen LogP contribution in [0, 0.1) is 5.92 Å². The predicted molar refractivity (Wildman–Crippen MR) is 99.9 cm³/mol. The van der Waals surface area contributed by atoms with Crippen molar-refractivity contribution in [3.8, 4) is 11.5 Å². The van der Waals surface area contributed by atoms with Crippen molar-refractivity contribution in [3.63, 3.8) is 0 Å². The Balaban J connectivity index is 1.47. The third kappa shape index (κ3) is 5.28. The molecule has 0 aromatic heterocycles. The monoisotopic (exact) mass is 376 g/mol. The molecule has 148 valence electrons. The molecule has 0 bridgehead atoms. The van der Waals surface area contributed by atoms with Gasteiger partial charge in [-0.1, -0.05) is 12.1 Å². The van der Waals surface area contributed by atoms with E-state index in [1.165, 1.54) is 0 Å². The van der Waals surface area contributed by atoms with Gasteiger partial charge in [-0.25, -0.2) is 4.79 Å². The number of nitrogens with one attached hydrogen (secondary N) is 1. The largest absolute Gasteiger partial charge is 0.485 e. The number of piperidine rings is 1. The first-order valence-electron chi connectivity index (χ1n) is 9.46. The van der Waals surface area contributed by atoms with Crippen molar-refractivity contribution in [1.82, 2.24) is 10.2 Å². The first-order chi connectivity index (χ1) is 12.8. The van der Waals surface area contributed by atoms with Crippen molar-refractivity contribution in [2.24, 2.45) is 5.92 Å². The maximum Gasteiger partial charge on any atom is 0.410 e. The van der Waals surface area contributed by atoms with Crippen LogP contribution in [0.5, 0.6) is 11.5 Å². The third-order valence-electron chi connectivity index (χ3n) is 4.54. The highest BCUT2D eigenvalue weighted by atomic mass is 16.6. The van der Waals surface area contributed by atoms with Gasteiger partial charge in [0.15, 0.2) is 11.5 Å². The van der Waals surface area contributed by atoms with Crippen molar-refractivity contribution in [1.29, 1.82) is 0 Å². The molecule has 0 saturated carbocycles. The summed E-state index contributed by atoms with van der Waals surface area (Å²) in [5.41, 5.74) is -0.507. The molecule has 0 aliphatic carbocycles. The number of hydrogen-bond acceptors (Lipinski definition) is 5. The molecular formula is C20H28N2O5. The second kappa shape index (κ2) is 8.06. The molecule has 1 aromatic rings. The van der Waals surface area contributed by atoms with E-state index in [1.54, 1.807) is 11.0 Å². The summed E-state index contributed by atoms with van der Waals surface area (Å²) in [6.07, 6.45) is 0.908. The normalized spacial score (nSPS) is 22.1. The van der Waals surface area contributed by atoms with E-state index >= 15 is 0 Å². The number of likely N-dealkylation sites (tertiary alicyclic amines) is 1. The van der Waals surface area contributed by atoms with Crippen LogP contribution < -0.4 is 14.8 Å². The number of rotatable bonds is 3. The zero-order chi connectivity index (χ0) is 19.4. The highest BCUT2D eigenvalue weighted by Crippen LogP contribution is 2.30. The number of hydrogen-bond donors (Lipinski definition) is 1. The molecule has 3 rings (SSSR count). The number of amides is 2. The molecule has 1 saturated heterocycles. The molecule has 0 spiro atoms. The van der Waals surface area contributed by atoms with Crippen LogP contribution in [0.1, 0.15) is 33.6 Å². The van der Waals surface area contributed by atoms with Crippen molar-refractivity contribution >= 4 is 12.0 Å². The topological polar surface area (TPSA) is 77.1 Å². The van der Waals surface area contributed by atoms with Crippen LogP contribution in [-0.2, 0) is 9.53 Å². The molecule has 1 fully saturated rings. The Hall–Kier alpha value is -2.44. The van der Waals surface area contributed by atoms with Gasteiger partial charge in [-0.2, -0.15) is 0 Å². The van der Waals surface area contributed by atoms with E-state index in [0.29, 0.717) is 31.1 Å². The summed E-state index contributed by atoms with van der Waals surface area (Å²) < 4.78 is 16.8. The number of carbonyl (C=O) groups excluding carboxylic acids is 2. The van der Waals surface area contributed by atoms with Crippen LogP contribution >= 0.6 is 0 Å². The average Bonchev–Trinajstić information content (AvgIpc) is 2.64. The minimum atomic E-state index is -0.662. The van der Waals surface area contributed by atoms with Gasteiger partial charge in [0.05, 0.1) is 0 Å². The summed E-state index contributed by atoms with van der Waals surface area (Å²) in [4.78, 5) is 26.4. The molecule has 2 aliphatic rings. The SMILES string of the molecule is CC(C)(C)OC(=O)N1CCC[C@@H](CNC(=O)[C@H]2COc3ccccc3O2)C1. The first-order valence-corrected chi connectivity index (χ1v) is 9.46. The molecule has 2 aliphatic heterocycles. The summed E-state index contributed by atoms with van der Waals surface area (Å²) >= 11 is 0. The van der Waals surface area contributed by atoms with Gasteiger partial charge in [0.1, 0.15) is 12.2 Å². The summed E-state index contributed by atoms with van der Waals surface area (Å²) in [7, 11) is 0. The molecule has 0 unspecified atom stereocenters. The van der Waals surface area contributed by atoms with Crippen molar-refractivity contribution in [2.75, 3.05) is 26.2 Å². The number of ether oxygens (including phenoxy) is 3. The zero-order valence-electron chi connectivity index (χ0n) is 16.2. The summed E-state index contributed by atoms with van der Waals surface area (Å²) in [5, 5.41) is 2.94. The van der Waals surface area contributed by atoms with E-state index in [4.69, 9.17) is 14.2 Å². The molecule has 0 radical (unpaired) electrons. The van der Waals surface area contributed by atoms with Crippen LogP contribution in [0.3, 0.4) is 0 Å². The van der Waals surface area contributed by atoms with Gasteiger partial charge in [0.2, 0.25) is 6.10 Å².